The molecule has 2 saturated carbocycles. The SMILES string of the molecule is CC(C)C(c1nnnn1C1CCCCC1)N1CCN(C2CCCCC2)CC1. The van der Waals surface area contributed by atoms with E-state index in [0.29, 0.717) is 18.0 Å². The fourth-order valence-electron chi connectivity index (χ4n) is 5.69. The molecule has 27 heavy (non-hydrogen) atoms. The molecule has 0 bridgehead atoms. The molecule has 3 aliphatic rings. The second-order valence-corrected chi connectivity index (χ2v) is 9.33. The number of piperazine rings is 1. The van der Waals surface area contributed by atoms with E-state index in [-0.39, 0.29) is 0 Å². The lowest BCUT2D eigenvalue weighted by Gasteiger charge is -2.44. The molecular formula is C21H38N6. The summed E-state index contributed by atoms with van der Waals surface area (Å²) in [7, 11) is 0. The molecule has 6 heteroatoms. The topological polar surface area (TPSA) is 50.1 Å². The molecule has 0 radical (unpaired) electrons. The van der Waals surface area contributed by atoms with Gasteiger partial charge in [0.15, 0.2) is 5.82 Å². The Morgan fingerprint density at radius 3 is 1.96 bits per heavy atom. The zero-order chi connectivity index (χ0) is 18.6. The van der Waals surface area contributed by atoms with Crippen LogP contribution < -0.4 is 0 Å². The van der Waals surface area contributed by atoms with Crippen LogP contribution in [0.1, 0.15) is 96.0 Å². The third-order valence-corrected chi connectivity index (χ3v) is 7.17. The van der Waals surface area contributed by atoms with Gasteiger partial charge in [-0.2, -0.15) is 0 Å². The van der Waals surface area contributed by atoms with Gasteiger partial charge in [0.2, 0.25) is 0 Å². The van der Waals surface area contributed by atoms with E-state index in [9.17, 15) is 0 Å². The van der Waals surface area contributed by atoms with E-state index in [0.717, 1.165) is 25.0 Å². The van der Waals surface area contributed by atoms with Crippen LogP contribution in [0.3, 0.4) is 0 Å². The first-order valence-electron chi connectivity index (χ1n) is 11.5. The van der Waals surface area contributed by atoms with Gasteiger partial charge in [-0.05, 0) is 42.0 Å². The quantitative estimate of drug-likeness (QED) is 0.784. The van der Waals surface area contributed by atoms with Gasteiger partial charge in [0, 0.05) is 32.2 Å². The third kappa shape index (κ3) is 4.37. The van der Waals surface area contributed by atoms with Crippen LogP contribution in [0.15, 0.2) is 0 Å². The van der Waals surface area contributed by atoms with Crippen LogP contribution >= 0.6 is 0 Å². The smallest absolute Gasteiger partial charge is 0.168 e. The third-order valence-electron chi connectivity index (χ3n) is 7.17. The molecular weight excluding hydrogens is 336 g/mol. The van der Waals surface area contributed by atoms with Gasteiger partial charge in [0.05, 0.1) is 12.1 Å². The summed E-state index contributed by atoms with van der Waals surface area (Å²) < 4.78 is 2.19. The summed E-state index contributed by atoms with van der Waals surface area (Å²) in [6.45, 7) is 9.38. The van der Waals surface area contributed by atoms with E-state index in [1.165, 1.54) is 77.3 Å². The Hall–Kier alpha value is -1.01. The second-order valence-electron chi connectivity index (χ2n) is 9.33. The van der Waals surface area contributed by atoms with Crippen LogP contribution in [0.5, 0.6) is 0 Å². The van der Waals surface area contributed by atoms with Crippen LogP contribution in [-0.2, 0) is 0 Å². The average Bonchev–Trinajstić information content (AvgIpc) is 3.19. The molecule has 6 nitrogen and oxygen atoms in total. The summed E-state index contributed by atoms with van der Waals surface area (Å²) in [5, 5.41) is 13.1. The van der Waals surface area contributed by atoms with Crippen LogP contribution in [0.4, 0.5) is 0 Å². The number of hydrogen-bond donors (Lipinski definition) is 0. The molecule has 1 atom stereocenters. The van der Waals surface area contributed by atoms with Crippen molar-refractivity contribution in [3.05, 3.63) is 5.82 Å². The molecule has 2 aliphatic carbocycles. The molecule has 0 amide bonds. The fraction of sp³-hybridized carbons (Fsp3) is 0.952. The van der Waals surface area contributed by atoms with Crippen molar-refractivity contribution in [2.24, 2.45) is 5.92 Å². The zero-order valence-electron chi connectivity index (χ0n) is 17.4. The molecule has 1 aliphatic heterocycles. The minimum absolute atomic E-state index is 0.343. The minimum Gasteiger partial charge on any atom is -0.298 e. The highest BCUT2D eigenvalue weighted by molar-refractivity contribution is 4.99. The van der Waals surface area contributed by atoms with Gasteiger partial charge in [0.25, 0.3) is 0 Å². The molecule has 0 N–H and O–H groups in total. The Morgan fingerprint density at radius 2 is 1.37 bits per heavy atom. The minimum atomic E-state index is 0.343. The van der Waals surface area contributed by atoms with Crippen molar-refractivity contribution in [1.82, 2.24) is 30.0 Å². The first-order valence-corrected chi connectivity index (χ1v) is 11.5. The van der Waals surface area contributed by atoms with Crippen molar-refractivity contribution < 1.29 is 0 Å². The first kappa shape index (κ1) is 19.3. The van der Waals surface area contributed by atoms with E-state index in [2.05, 4.69) is 43.9 Å². The monoisotopic (exact) mass is 374 g/mol. The summed E-state index contributed by atoms with van der Waals surface area (Å²) in [4.78, 5) is 5.42. The molecule has 152 valence electrons. The average molecular weight is 375 g/mol. The highest BCUT2D eigenvalue weighted by atomic mass is 15.6. The molecule has 3 fully saturated rings. The molecule has 4 rings (SSSR count). The Morgan fingerprint density at radius 1 is 0.778 bits per heavy atom. The molecule has 0 aromatic carbocycles. The Balaban J connectivity index is 1.44. The summed E-state index contributed by atoms with van der Waals surface area (Å²) in [5.74, 6) is 1.64. The number of hydrogen-bond acceptors (Lipinski definition) is 5. The zero-order valence-corrected chi connectivity index (χ0v) is 17.4. The maximum Gasteiger partial charge on any atom is 0.168 e. The van der Waals surface area contributed by atoms with Crippen LogP contribution in [0, 0.1) is 5.92 Å². The number of tetrazole rings is 1. The van der Waals surface area contributed by atoms with Gasteiger partial charge in [-0.3, -0.25) is 9.80 Å². The van der Waals surface area contributed by atoms with Gasteiger partial charge in [-0.15, -0.1) is 5.10 Å². The molecule has 1 aromatic heterocycles. The van der Waals surface area contributed by atoms with Crippen molar-refractivity contribution >= 4 is 0 Å². The van der Waals surface area contributed by atoms with Crippen molar-refractivity contribution in [3.63, 3.8) is 0 Å². The van der Waals surface area contributed by atoms with Gasteiger partial charge in [-0.1, -0.05) is 52.4 Å². The lowest BCUT2D eigenvalue weighted by molar-refractivity contribution is 0.0384. The van der Waals surface area contributed by atoms with Crippen molar-refractivity contribution in [3.8, 4) is 0 Å². The Bertz CT molecular complexity index is 565. The van der Waals surface area contributed by atoms with Gasteiger partial charge < -0.3 is 0 Å². The normalized spacial score (nSPS) is 25.9. The second kappa shape index (κ2) is 8.99. The van der Waals surface area contributed by atoms with Crippen molar-refractivity contribution in [2.75, 3.05) is 26.2 Å². The van der Waals surface area contributed by atoms with Gasteiger partial charge in [0.1, 0.15) is 0 Å². The van der Waals surface area contributed by atoms with Gasteiger partial charge in [-0.25, -0.2) is 4.68 Å². The summed E-state index contributed by atoms with van der Waals surface area (Å²) in [5.41, 5.74) is 0. The van der Waals surface area contributed by atoms with E-state index >= 15 is 0 Å². The van der Waals surface area contributed by atoms with Crippen molar-refractivity contribution in [2.45, 2.75) is 96.2 Å². The fourth-order valence-corrected chi connectivity index (χ4v) is 5.69. The maximum atomic E-state index is 4.54. The van der Waals surface area contributed by atoms with E-state index in [1.54, 1.807) is 0 Å². The Labute approximate surface area is 164 Å². The Kier molecular flexibility index (Phi) is 6.43. The lowest BCUT2D eigenvalue weighted by Crippen LogP contribution is -2.52. The lowest BCUT2D eigenvalue weighted by atomic mass is 9.93. The van der Waals surface area contributed by atoms with Crippen LogP contribution in [0.2, 0.25) is 0 Å². The molecule has 0 spiro atoms. The summed E-state index contributed by atoms with van der Waals surface area (Å²) in [6, 6.07) is 1.69. The predicted molar refractivity (Wildman–Crippen MR) is 108 cm³/mol. The first-order chi connectivity index (χ1) is 13.2. The maximum absolute atomic E-state index is 4.54. The van der Waals surface area contributed by atoms with Crippen LogP contribution in [0.25, 0.3) is 0 Å². The number of rotatable bonds is 5. The summed E-state index contributed by atoms with van der Waals surface area (Å²) >= 11 is 0. The standard InChI is InChI=1S/C21H38N6/c1-17(2)20(21-22-23-24-27(21)19-11-7-4-8-12-19)26-15-13-25(14-16-26)18-9-5-3-6-10-18/h17-20H,3-16H2,1-2H3. The summed E-state index contributed by atoms with van der Waals surface area (Å²) in [6.07, 6.45) is 13.6. The molecule has 1 aromatic rings. The van der Waals surface area contributed by atoms with Gasteiger partial charge >= 0.3 is 0 Å². The number of aromatic nitrogens is 4. The van der Waals surface area contributed by atoms with E-state index in [1.807, 2.05) is 0 Å². The highest BCUT2D eigenvalue weighted by Crippen LogP contribution is 2.34. The molecule has 2 heterocycles. The predicted octanol–water partition coefficient (Wildman–Crippen LogP) is 3.83. The van der Waals surface area contributed by atoms with Crippen molar-refractivity contribution in [1.29, 1.82) is 0 Å². The van der Waals surface area contributed by atoms with E-state index < -0.39 is 0 Å². The molecule has 1 saturated heterocycles. The molecule has 1 unspecified atom stereocenters. The largest absolute Gasteiger partial charge is 0.298 e. The van der Waals surface area contributed by atoms with Crippen LogP contribution in [-0.4, -0.2) is 62.2 Å². The van der Waals surface area contributed by atoms with E-state index in [4.69, 9.17) is 0 Å². The number of nitrogens with zero attached hydrogens (tertiary/aromatic N) is 6. The highest BCUT2D eigenvalue weighted by Gasteiger charge is 2.34.